The molecule has 2 aromatic rings. The molecule has 0 aliphatic heterocycles. The molecule has 0 aliphatic rings. The molecule has 6 heteroatoms. The molecule has 160 valence electrons. The van der Waals surface area contributed by atoms with Crippen LogP contribution < -0.4 is 14.8 Å². The maximum Gasteiger partial charge on any atom is 0.303 e. The normalized spacial score (nSPS) is 10.7. The highest BCUT2D eigenvalue weighted by molar-refractivity contribution is 6.03. The van der Waals surface area contributed by atoms with Crippen molar-refractivity contribution < 1.29 is 24.2 Å². The fraction of sp³-hybridized carbons (Fsp3) is 0.333. The number of carbonyl (C=O) groups is 2. The molecule has 2 rings (SSSR count). The Bertz CT molecular complexity index is 876. The van der Waals surface area contributed by atoms with Gasteiger partial charge in [0.25, 0.3) is 0 Å². The summed E-state index contributed by atoms with van der Waals surface area (Å²) in [5.74, 6) is 0.117. The minimum atomic E-state index is -0.862. The van der Waals surface area contributed by atoms with Gasteiger partial charge in [-0.1, -0.05) is 38.1 Å². The number of anilines is 1. The van der Waals surface area contributed by atoms with Crippen LogP contribution in [0.3, 0.4) is 0 Å². The van der Waals surface area contributed by atoms with Crippen molar-refractivity contribution in [3.05, 3.63) is 59.7 Å². The Morgan fingerprint density at radius 3 is 2.40 bits per heavy atom. The number of aryl methyl sites for hydroxylation is 1. The summed E-state index contributed by atoms with van der Waals surface area (Å²) in [7, 11) is 0. The highest BCUT2D eigenvalue weighted by Gasteiger charge is 2.09. The zero-order chi connectivity index (χ0) is 21.8. The predicted octanol–water partition coefficient (Wildman–Crippen LogP) is 4.93. The molecule has 0 spiro atoms. The van der Waals surface area contributed by atoms with E-state index in [1.54, 1.807) is 18.2 Å². The van der Waals surface area contributed by atoms with Crippen molar-refractivity contribution in [3.63, 3.8) is 0 Å². The third-order valence-corrected chi connectivity index (χ3v) is 4.19. The van der Waals surface area contributed by atoms with Crippen molar-refractivity contribution in [2.24, 2.45) is 0 Å². The molecule has 2 N–H and O–H groups in total. The highest BCUT2D eigenvalue weighted by Crippen LogP contribution is 2.27. The molecule has 6 nitrogen and oxygen atoms in total. The summed E-state index contributed by atoms with van der Waals surface area (Å²) in [6.45, 7) is 5.17. The summed E-state index contributed by atoms with van der Waals surface area (Å²) in [6, 6.07) is 12.9. The maximum atomic E-state index is 12.5. The van der Waals surface area contributed by atoms with E-state index in [4.69, 9.17) is 14.6 Å². The molecule has 0 aromatic heterocycles. The third kappa shape index (κ3) is 7.62. The average Bonchev–Trinajstić information content (AvgIpc) is 2.74. The number of aliphatic carboxylic acids is 1. The van der Waals surface area contributed by atoms with Crippen LogP contribution in [0.2, 0.25) is 0 Å². The number of nitrogens with one attached hydrogen (secondary N) is 1. The van der Waals surface area contributed by atoms with E-state index in [2.05, 4.69) is 5.32 Å². The first-order chi connectivity index (χ1) is 14.5. The van der Waals surface area contributed by atoms with Gasteiger partial charge in [-0.2, -0.15) is 0 Å². The summed E-state index contributed by atoms with van der Waals surface area (Å²) in [6.07, 6.45) is 5.30. The zero-order valence-corrected chi connectivity index (χ0v) is 17.5. The second kappa shape index (κ2) is 12.3. The number of rotatable bonds is 12. The Labute approximate surface area is 177 Å². The molecule has 0 atom stereocenters. The molecule has 0 aliphatic carbocycles. The predicted molar refractivity (Wildman–Crippen MR) is 118 cm³/mol. The van der Waals surface area contributed by atoms with E-state index in [1.165, 1.54) is 6.08 Å². The van der Waals surface area contributed by atoms with Crippen molar-refractivity contribution in [3.8, 4) is 11.5 Å². The highest BCUT2D eigenvalue weighted by atomic mass is 16.5. The van der Waals surface area contributed by atoms with Crippen LogP contribution in [0.1, 0.15) is 44.2 Å². The van der Waals surface area contributed by atoms with E-state index in [-0.39, 0.29) is 12.3 Å². The number of carboxylic acids is 1. The average molecular weight is 411 g/mol. The standard InChI is InChI=1S/C24H29NO5/c1-3-15-29-21-8-6-5-7-19(21)11-13-23(26)25-20-17-18(10-14-24(27)28)9-12-22(20)30-16-4-2/h5-9,11-13,17H,3-4,10,14-16H2,1-2H3,(H,25,26)(H,27,28)/b13-11+. The van der Waals surface area contributed by atoms with E-state index >= 15 is 0 Å². The van der Waals surface area contributed by atoms with E-state index in [1.807, 2.05) is 44.2 Å². The van der Waals surface area contributed by atoms with Crippen LogP contribution in [-0.2, 0) is 16.0 Å². The molecule has 0 radical (unpaired) electrons. The van der Waals surface area contributed by atoms with Gasteiger partial charge in [0.05, 0.1) is 18.9 Å². The van der Waals surface area contributed by atoms with Crippen LogP contribution in [0.25, 0.3) is 6.08 Å². The van der Waals surface area contributed by atoms with E-state index in [0.717, 1.165) is 29.7 Å². The second-order valence-electron chi connectivity index (χ2n) is 6.78. The van der Waals surface area contributed by atoms with Gasteiger partial charge in [0.2, 0.25) is 5.91 Å². The molecular weight excluding hydrogens is 382 g/mol. The molecule has 0 heterocycles. The quantitative estimate of drug-likeness (QED) is 0.484. The molecule has 0 saturated heterocycles. The first-order valence-corrected chi connectivity index (χ1v) is 10.2. The largest absolute Gasteiger partial charge is 0.493 e. The van der Waals surface area contributed by atoms with Crippen LogP contribution >= 0.6 is 0 Å². The number of carboxylic acid groups (broad SMARTS) is 1. The Balaban J connectivity index is 2.14. The number of benzene rings is 2. The topological polar surface area (TPSA) is 84.9 Å². The van der Waals surface area contributed by atoms with Gasteiger partial charge in [-0.15, -0.1) is 0 Å². The summed E-state index contributed by atoms with van der Waals surface area (Å²) < 4.78 is 11.4. The van der Waals surface area contributed by atoms with Gasteiger partial charge >= 0.3 is 5.97 Å². The number of ether oxygens (including phenoxy) is 2. The smallest absolute Gasteiger partial charge is 0.303 e. The first kappa shape index (κ1) is 23.0. The molecule has 0 saturated carbocycles. The number of hydrogen-bond donors (Lipinski definition) is 2. The van der Waals surface area contributed by atoms with Crippen molar-refractivity contribution in [2.45, 2.75) is 39.5 Å². The summed E-state index contributed by atoms with van der Waals surface area (Å²) in [5.41, 5.74) is 2.16. The van der Waals surface area contributed by atoms with Gasteiger partial charge in [0.1, 0.15) is 11.5 Å². The summed E-state index contributed by atoms with van der Waals surface area (Å²) >= 11 is 0. The van der Waals surface area contributed by atoms with Crippen LogP contribution in [0.5, 0.6) is 11.5 Å². The van der Waals surface area contributed by atoms with E-state index in [0.29, 0.717) is 31.1 Å². The van der Waals surface area contributed by atoms with Crippen LogP contribution in [0, 0.1) is 0 Å². The second-order valence-corrected chi connectivity index (χ2v) is 6.78. The van der Waals surface area contributed by atoms with Crippen LogP contribution in [0.15, 0.2) is 48.5 Å². The van der Waals surface area contributed by atoms with Crippen LogP contribution in [0.4, 0.5) is 5.69 Å². The maximum absolute atomic E-state index is 12.5. The van der Waals surface area contributed by atoms with Gasteiger partial charge in [-0.25, -0.2) is 0 Å². The molecule has 0 fully saturated rings. The zero-order valence-electron chi connectivity index (χ0n) is 17.5. The number of amides is 1. The summed E-state index contributed by atoms with van der Waals surface area (Å²) in [5, 5.41) is 11.7. The SMILES string of the molecule is CCCOc1ccccc1/C=C/C(=O)Nc1cc(CCC(=O)O)ccc1OCCC. The molecule has 0 bridgehead atoms. The Morgan fingerprint density at radius 2 is 1.70 bits per heavy atom. The van der Waals surface area contributed by atoms with Crippen molar-refractivity contribution in [1.29, 1.82) is 0 Å². The number of para-hydroxylation sites is 1. The summed E-state index contributed by atoms with van der Waals surface area (Å²) in [4.78, 5) is 23.4. The molecular formula is C24H29NO5. The van der Waals surface area contributed by atoms with Gasteiger partial charge in [0, 0.05) is 18.1 Å². The van der Waals surface area contributed by atoms with E-state index < -0.39 is 5.97 Å². The number of hydrogen-bond acceptors (Lipinski definition) is 4. The molecule has 2 aromatic carbocycles. The molecule has 0 unspecified atom stereocenters. The van der Waals surface area contributed by atoms with Gasteiger partial charge in [0.15, 0.2) is 0 Å². The molecule has 1 amide bonds. The van der Waals surface area contributed by atoms with E-state index in [9.17, 15) is 9.59 Å². The van der Waals surface area contributed by atoms with Gasteiger partial charge in [-0.3, -0.25) is 9.59 Å². The van der Waals surface area contributed by atoms with Gasteiger partial charge < -0.3 is 19.9 Å². The lowest BCUT2D eigenvalue weighted by molar-refractivity contribution is -0.137. The Hall–Kier alpha value is -3.28. The minimum Gasteiger partial charge on any atom is -0.493 e. The lowest BCUT2D eigenvalue weighted by Crippen LogP contribution is -2.10. The lowest BCUT2D eigenvalue weighted by Gasteiger charge is -2.13. The van der Waals surface area contributed by atoms with Crippen molar-refractivity contribution in [2.75, 3.05) is 18.5 Å². The van der Waals surface area contributed by atoms with Crippen molar-refractivity contribution in [1.82, 2.24) is 0 Å². The lowest BCUT2D eigenvalue weighted by atomic mass is 10.1. The minimum absolute atomic E-state index is 0.0248. The van der Waals surface area contributed by atoms with Crippen molar-refractivity contribution >= 4 is 23.6 Å². The Kier molecular flexibility index (Phi) is 9.45. The first-order valence-electron chi connectivity index (χ1n) is 10.2. The molecule has 30 heavy (non-hydrogen) atoms. The fourth-order valence-electron chi connectivity index (χ4n) is 2.72. The monoisotopic (exact) mass is 411 g/mol. The van der Waals surface area contributed by atoms with Crippen LogP contribution in [-0.4, -0.2) is 30.2 Å². The fourth-order valence-corrected chi connectivity index (χ4v) is 2.72. The third-order valence-electron chi connectivity index (χ3n) is 4.19. The number of carbonyl (C=O) groups excluding carboxylic acids is 1. The Morgan fingerprint density at radius 1 is 1.00 bits per heavy atom. The van der Waals surface area contributed by atoms with Gasteiger partial charge in [-0.05, 0) is 49.1 Å².